The second-order valence-electron chi connectivity index (χ2n) is 5.62. The highest BCUT2D eigenvalue weighted by Gasteiger charge is 2.43. The molecule has 2 heterocycles. The van der Waals surface area contributed by atoms with E-state index in [0.29, 0.717) is 16.4 Å². The van der Waals surface area contributed by atoms with Gasteiger partial charge in [-0.25, -0.2) is 9.79 Å². The Balaban J connectivity index is 2.20. The van der Waals surface area contributed by atoms with Crippen LogP contribution in [0.3, 0.4) is 0 Å². The average molecular weight is 397 g/mol. The Morgan fingerprint density at radius 3 is 2.88 bits per heavy atom. The van der Waals surface area contributed by atoms with Crippen molar-refractivity contribution in [2.75, 3.05) is 19.5 Å². The number of carbonyl (C=O) groups excluding carboxylic acids is 2. The van der Waals surface area contributed by atoms with Gasteiger partial charge in [0.2, 0.25) is 5.91 Å². The van der Waals surface area contributed by atoms with Gasteiger partial charge >= 0.3 is 5.97 Å². The lowest BCUT2D eigenvalue weighted by atomic mass is 9.94. The maximum Gasteiger partial charge on any atom is 0.338 e. The molecular weight excluding hydrogens is 380 g/mol. The van der Waals surface area contributed by atoms with Gasteiger partial charge in [0.15, 0.2) is 16.7 Å². The minimum absolute atomic E-state index is 0.0589. The van der Waals surface area contributed by atoms with Gasteiger partial charge < -0.3 is 14.6 Å². The first kappa shape index (κ1) is 18.6. The fraction of sp³-hybridized carbons (Fsp3) is 0.353. The molecule has 0 saturated carbocycles. The second-order valence-corrected chi connectivity index (χ2v) is 6.97. The summed E-state index contributed by atoms with van der Waals surface area (Å²) in [6, 6.07) is 2.31. The fourth-order valence-corrected chi connectivity index (χ4v) is 4.09. The van der Waals surface area contributed by atoms with Crippen LogP contribution in [0.25, 0.3) is 0 Å². The standard InChI is InChI=1S/C17H17ClN2O5S/c1-4-25-16(23)13-8(2)19-17-20(12(21)7-26-17)14(13)9-5-10(18)15(22)11(6-9)24-3/h5-6,14,22H,4,7H2,1-3H3/t14-/m1/s1. The normalized spacial score (nSPS) is 19.4. The molecule has 1 aromatic carbocycles. The number of allylic oxidation sites excluding steroid dienone is 1. The average Bonchev–Trinajstić information content (AvgIpc) is 2.96. The van der Waals surface area contributed by atoms with Gasteiger partial charge in [-0.3, -0.25) is 9.69 Å². The van der Waals surface area contributed by atoms with E-state index in [2.05, 4.69) is 4.99 Å². The molecule has 1 N–H and O–H groups in total. The molecule has 0 aromatic heterocycles. The maximum atomic E-state index is 12.6. The number of fused-ring (bicyclic) bond motifs is 1. The molecule has 2 aliphatic rings. The molecule has 1 saturated heterocycles. The third-order valence-corrected chi connectivity index (χ3v) is 5.29. The summed E-state index contributed by atoms with van der Waals surface area (Å²) in [7, 11) is 1.40. The number of methoxy groups -OCH3 is 1. The van der Waals surface area contributed by atoms with Crippen molar-refractivity contribution in [1.82, 2.24) is 4.90 Å². The van der Waals surface area contributed by atoms with Crippen molar-refractivity contribution in [3.8, 4) is 11.5 Å². The minimum atomic E-state index is -0.754. The van der Waals surface area contributed by atoms with Crippen LogP contribution in [0.2, 0.25) is 5.02 Å². The Morgan fingerprint density at radius 2 is 2.23 bits per heavy atom. The minimum Gasteiger partial charge on any atom is -0.503 e. The Bertz CT molecular complexity index is 852. The zero-order chi connectivity index (χ0) is 19.0. The highest BCUT2D eigenvalue weighted by molar-refractivity contribution is 8.15. The lowest BCUT2D eigenvalue weighted by Gasteiger charge is -2.33. The summed E-state index contributed by atoms with van der Waals surface area (Å²) >= 11 is 7.43. The second kappa shape index (κ2) is 7.20. The van der Waals surface area contributed by atoms with Gasteiger partial charge in [0, 0.05) is 0 Å². The number of amides is 1. The molecule has 1 amide bonds. The van der Waals surface area contributed by atoms with E-state index in [-0.39, 0.29) is 40.4 Å². The number of hydrogen-bond donors (Lipinski definition) is 1. The van der Waals surface area contributed by atoms with Crippen LogP contribution in [0.4, 0.5) is 0 Å². The van der Waals surface area contributed by atoms with E-state index in [4.69, 9.17) is 21.1 Å². The first-order valence-electron chi connectivity index (χ1n) is 7.86. The van der Waals surface area contributed by atoms with Gasteiger partial charge in [0.1, 0.15) is 0 Å². The number of aliphatic imine (C=N–C) groups is 1. The van der Waals surface area contributed by atoms with E-state index in [1.54, 1.807) is 19.9 Å². The van der Waals surface area contributed by atoms with Crippen molar-refractivity contribution >= 4 is 40.4 Å². The van der Waals surface area contributed by atoms with Crippen LogP contribution in [0, 0.1) is 0 Å². The van der Waals surface area contributed by atoms with Crippen molar-refractivity contribution < 1.29 is 24.2 Å². The van der Waals surface area contributed by atoms with Gasteiger partial charge in [-0.2, -0.15) is 0 Å². The Labute approximate surface area is 159 Å². The maximum absolute atomic E-state index is 12.6. The zero-order valence-corrected chi connectivity index (χ0v) is 16.0. The van der Waals surface area contributed by atoms with E-state index in [1.807, 2.05) is 0 Å². The van der Waals surface area contributed by atoms with E-state index in [0.717, 1.165) is 0 Å². The molecule has 1 atom stereocenters. The summed E-state index contributed by atoms with van der Waals surface area (Å²) in [5.41, 5.74) is 1.26. The number of amidine groups is 1. The molecule has 1 aromatic rings. The van der Waals surface area contributed by atoms with Crippen molar-refractivity contribution in [2.45, 2.75) is 19.9 Å². The molecule has 0 bridgehead atoms. The Morgan fingerprint density at radius 1 is 1.50 bits per heavy atom. The van der Waals surface area contributed by atoms with Crippen LogP contribution >= 0.6 is 23.4 Å². The summed E-state index contributed by atoms with van der Waals surface area (Å²) in [6.07, 6.45) is 0. The molecule has 26 heavy (non-hydrogen) atoms. The molecule has 2 aliphatic heterocycles. The van der Waals surface area contributed by atoms with Crippen molar-refractivity contribution in [1.29, 1.82) is 0 Å². The van der Waals surface area contributed by atoms with Gasteiger partial charge in [0.05, 0.1) is 41.8 Å². The van der Waals surface area contributed by atoms with E-state index < -0.39 is 12.0 Å². The number of phenols is 1. The molecule has 0 aliphatic carbocycles. The first-order valence-corrected chi connectivity index (χ1v) is 9.23. The van der Waals surface area contributed by atoms with E-state index in [1.165, 1.54) is 29.8 Å². The van der Waals surface area contributed by atoms with Crippen LogP contribution in [0.1, 0.15) is 25.5 Å². The number of rotatable bonds is 4. The van der Waals surface area contributed by atoms with Gasteiger partial charge in [0.25, 0.3) is 0 Å². The summed E-state index contributed by atoms with van der Waals surface area (Å²) in [5.74, 6) is -0.538. The third kappa shape index (κ3) is 3.03. The number of esters is 1. The monoisotopic (exact) mass is 396 g/mol. The number of hydrogen-bond acceptors (Lipinski definition) is 7. The topological polar surface area (TPSA) is 88.4 Å². The fourth-order valence-electron chi connectivity index (χ4n) is 2.93. The Hall–Kier alpha value is -2.19. The molecule has 138 valence electrons. The number of halogens is 1. The summed E-state index contributed by atoms with van der Waals surface area (Å²) in [6.45, 7) is 3.60. The van der Waals surface area contributed by atoms with Crippen LogP contribution in [-0.4, -0.2) is 46.5 Å². The van der Waals surface area contributed by atoms with Gasteiger partial charge in [-0.05, 0) is 31.5 Å². The molecule has 7 nitrogen and oxygen atoms in total. The van der Waals surface area contributed by atoms with Crippen molar-refractivity contribution in [2.24, 2.45) is 4.99 Å². The smallest absolute Gasteiger partial charge is 0.338 e. The number of aromatic hydroxyl groups is 1. The number of nitrogens with zero attached hydrogens (tertiary/aromatic N) is 2. The quantitative estimate of drug-likeness (QED) is 0.787. The predicted octanol–water partition coefficient (Wildman–Crippen LogP) is 2.88. The highest BCUT2D eigenvalue weighted by Crippen LogP contribution is 2.44. The molecule has 0 spiro atoms. The number of ether oxygens (including phenoxy) is 2. The van der Waals surface area contributed by atoms with Gasteiger partial charge in [-0.1, -0.05) is 23.4 Å². The molecular formula is C17H17ClN2O5S. The van der Waals surface area contributed by atoms with Crippen LogP contribution in [0.15, 0.2) is 28.4 Å². The largest absolute Gasteiger partial charge is 0.503 e. The van der Waals surface area contributed by atoms with Crippen molar-refractivity contribution in [3.63, 3.8) is 0 Å². The van der Waals surface area contributed by atoms with Crippen LogP contribution in [0.5, 0.6) is 11.5 Å². The van der Waals surface area contributed by atoms with E-state index >= 15 is 0 Å². The number of phenolic OH excluding ortho intramolecular Hbond substituents is 1. The van der Waals surface area contributed by atoms with E-state index in [9.17, 15) is 14.7 Å². The summed E-state index contributed by atoms with van der Waals surface area (Å²) < 4.78 is 10.3. The summed E-state index contributed by atoms with van der Waals surface area (Å²) in [5, 5.41) is 10.6. The predicted molar refractivity (Wildman–Crippen MR) is 98.5 cm³/mol. The zero-order valence-electron chi connectivity index (χ0n) is 14.4. The van der Waals surface area contributed by atoms with Crippen LogP contribution in [-0.2, 0) is 14.3 Å². The lowest BCUT2D eigenvalue weighted by Crippen LogP contribution is -2.39. The molecule has 0 unspecified atom stereocenters. The molecule has 0 radical (unpaired) electrons. The highest BCUT2D eigenvalue weighted by atomic mass is 35.5. The third-order valence-electron chi connectivity index (χ3n) is 4.07. The SMILES string of the molecule is CCOC(=O)C1=C(C)N=C2SCC(=O)N2[C@@H]1c1cc(Cl)c(O)c(OC)c1. The molecule has 9 heteroatoms. The number of carbonyl (C=O) groups is 2. The first-order chi connectivity index (χ1) is 12.4. The van der Waals surface area contributed by atoms with Crippen molar-refractivity contribution in [3.05, 3.63) is 34.0 Å². The van der Waals surface area contributed by atoms with Gasteiger partial charge in [-0.15, -0.1) is 0 Å². The molecule has 1 fully saturated rings. The summed E-state index contributed by atoms with van der Waals surface area (Å²) in [4.78, 5) is 30.9. The Kier molecular flexibility index (Phi) is 5.15. The number of benzene rings is 1. The number of thioether (sulfide) groups is 1. The molecule has 3 rings (SSSR count). The van der Waals surface area contributed by atoms with Crippen LogP contribution < -0.4 is 4.74 Å². The lowest BCUT2D eigenvalue weighted by molar-refractivity contribution is -0.139.